The minimum atomic E-state index is -0.411. The van der Waals surface area contributed by atoms with E-state index in [1.807, 2.05) is 35.1 Å². The zero-order valence-electron chi connectivity index (χ0n) is 26.4. The highest BCUT2D eigenvalue weighted by molar-refractivity contribution is 6.00. The maximum Gasteiger partial charge on any atom is 0.323 e. The first kappa shape index (κ1) is 31.4. The van der Waals surface area contributed by atoms with Crippen LogP contribution in [0.1, 0.15) is 29.2 Å². The summed E-state index contributed by atoms with van der Waals surface area (Å²) in [6, 6.07) is 13.4. The van der Waals surface area contributed by atoms with E-state index in [9.17, 15) is 9.59 Å². The lowest BCUT2D eigenvalue weighted by molar-refractivity contribution is 0.0303. The van der Waals surface area contributed by atoms with Gasteiger partial charge in [-0.25, -0.2) is 24.5 Å². The Kier molecular flexibility index (Phi) is 9.40. The van der Waals surface area contributed by atoms with Crippen LogP contribution in [0.4, 0.5) is 22.0 Å². The summed E-state index contributed by atoms with van der Waals surface area (Å²) in [5.74, 6) is 1.14. The number of carbonyl (C=O) groups excluding carboxylic acids is 2. The fourth-order valence-corrected chi connectivity index (χ4v) is 5.88. The van der Waals surface area contributed by atoms with E-state index in [1.165, 1.54) is 0 Å². The second-order valence-corrected chi connectivity index (χ2v) is 11.7. The van der Waals surface area contributed by atoms with Gasteiger partial charge in [0.1, 0.15) is 11.9 Å². The number of anilines is 3. The van der Waals surface area contributed by atoms with Gasteiger partial charge in [-0.05, 0) is 61.4 Å². The minimum Gasteiger partial charge on any atom is -0.382 e. The number of nitrogens with one attached hydrogen (secondary N) is 3. The SMILES string of the molecule is COCC(COC)n1ncc2c(N3CC4CCC(C3)O4)nc(-c3ccc(NC(=O)Nc4ccc(C(=O)NN(C)C)cc4)cc3)nc21. The first-order valence-corrected chi connectivity index (χ1v) is 15.2. The summed E-state index contributed by atoms with van der Waals surface area (Å²) in [4.78, 5) is 37.2. The zero-order chi connectivity index (χ0) is 32.2. The maximum atomic E-state index is 12.7. The van der Waals surface area contributed by atoms with Crippen molar-refractivity contribution in [2.45, 2.75) is 31.1 Å². The Balaban J connectivity index is 1.22. The molecule has 2 aromatic heterocycles. The molecule has 2 bridgehead atoms. The second kappa shape index (κ2) is 13.8. The van der Waals surface area contributed by atoms with E-state index in [0.29, 0.717) is 41.6 Å². The lowest BCUT2D eigenvalue weighted by atomic mass is 10.2. The van der Waals surface area contributed by atoms with E-state index < -0.39 is 6.03 Å². The van der Waals surface area contributed by atoms with Crippen molar-refractivity contribution in [2.75, 3.05) is 70.2 Å². The van der Waals surface area contributed by atoms with Gasteiger partial charge < -0.3 is 29.7 Å². The highest BCUT2D eigenvalue weighted by Crippen LogP contribution is 2.34. The molecule has 2 aromatic carbocycles. The second-order valence-electron chi connectivity index (χ2n) is 11.7. The zero-order valence-corrected chi connectivity index (χ0v) is 26.4. The molecule has 2 aliphatic rings. The van der Waals surface area contributed by atoms with Gasteiger partial charge in [0.05, 0.1) is 37.0 Å². The van der Waals surface area contributed by atoms with Crippen LogP contribution in [0.2, 0.25) is 0 Å². The van der Waals surface area contributed by atoms with Crippen molar-refractivity contribution in [1.82, 2.24) is 30.2 Å². The summed E-state index contributed by atoms with van der Waals surface area (Å²) < 4.78 is 18.9. The fourth-order valence-electron chi connectivity index (χ4n) is 5.88. The third-order valence-electron chi connectivity index (χ3n) is 7.97. The molecule has 2 aliphatic heterocycles. The van der Waals surface area contributed by atoms with Crippen LogP contribution in [0.5, 0.6) is 0 Å². The quantitative estimate of drug-likeness (QED) is 0.211. The molecule has 242 valence electrons. The number of morpholine rings is 1. The van der Waals surface area contributed by atoms with E-state index >= 15 is 0 Å². The average molecular weight is 630 g/mol. The molecule has 0 aliphatic carbocycles. The largest absolute Gasteiger partial charge is 0.382 e. The number of ether oxygens (including phenoxy) is 3. The van der Waals surface area contributed by atoms with Crippen LogP contribution in [-0.2, 0) is 14.2 Å². The van der Waals surface area contributed by atoms with Crippen LogP contribution in [-0.4, -0.2) is 104 Å². The van der Waals surface area contributed by atoms with Crippen LogP contribution in [0.15, 0.2) is 54.7 Å². The van der Waals surface area contributed by atoms with Crippen molar-refractivity contribution < 1.29 is 23.8 Å². The average Bonchev–Trinajstić information content (AvgIpc) is 3.62. The Bertz CT molecular complexity index is 1660. The molecule has 2 unspecified atom stereocenters. The number of methoxy groups -OCH3 is 2. The Hall–Kier alpha value is -4.63. The van der Waals surface area contributed by atoms with Crippen molar-refractivity contribution in [2.24, 2.45) is 0 Å². The third-order valence-corrected chi connectivity index (χ3v) is 7.97. The van der Waals surface area contributed by atoms with Crippen LogP contribution < -0.4 is 21.0 Å². The van der Waals surface area contributed by atoms with Gasteiger partial charge in [0.2, 0.25) is 0 Å². The van der Waals surface area contributed by atoms with E-state index in [4.69, 9.17) is 29.3 Å². The van der Waals surface area contributed by atoms with Crippen LogP contribution in [0.25, 0.3) is 22.4 Å². The predicted molar refractivity (Wildman–Crippen MR) is 174 cm³/mol. The molecule has 0 radical (unpaired) electrons. The molecule has 2 atom stereocenters. The highest BCUT2D eigenvalue weighted by Gasteiger charge is 2.35. The van der Waals surface area contributed by atoms with Crippen molar-refractivity contribution in [1.29, 1.82) is 0 Å². The number of hydrazine groups is 1. The Morgan fingerprint density at radius 1 is 0.935 bits per heavy atom. The van der Waals surface area contributed by atoms with E-state index in [0.717, 1.165) is 42.7 Å². The summed E-state index contributed by atoms with van der Waals surface area (Å²) in [5, 5.41) is 12.8. The number of urea groups is 1. The molecule has 0 saturated carbocycles. The number of hydrogen-bond donors (Lipinski definition) is 3. The van der Waals surface area contributed by atoms with Crippen LogP contribution in [0.3, 0.4) is 0 Å². The number of hydrogen-bond acceptors (Lipinski definition) is 10. The third kappa shape index (κ3) is 6.94. The number of amides is 3. The Morgan fingerprint density at radius 2 is 1.54 bits per heavy atom. The smallest absolute Gasteiger partial charge is 0.323 e. The van der Waals surface area contributed by atoms with Crippen LogP contribution >= 0.6 is 0 Å². The molecule has 14 nitrogen and oxygen atoms in total. The first-order valence-electron chi connectivity index (χ1n) is 15.2. The van der Waals surface area contributed by atoms with Crippen molar-refractivity contribution in [3.8, 4) is 11.4 Å². The molecule has 4 heterocycles. The van der Waals surface area contributed by atoms with Gasteiger partial charge in [0.25, 0.3) is 5.91 Å². The highest BCUT2D eigenvalue weighted by atomic mass is 16.5. The number of rotatable bonds is 11. The molecule has 2 fully saturated rings. The molecule has 0 spiro atoms. The number of carbonyl (C=O) groups is 2. The van der Waals surface area contributed by atoms with Gasteiger partial charge in [-0.2, -0.15) is 5.10 Å². The summed E-state index contributed by atoms with van der Waals surface area (Å²) in [7, 11) is 6.78. The van der Waals surface area contributed by atoms with Gasteiger partial charge in [-0.1, -0.05) is 0 Å². The normalized spacial score (nSPS) is 17.6. The summed E-state index contributed by atoms with van der Waals surface area (Å²) in [6.45, 7) is 2.35. The Labute approximate surface area is 267 Å². The lowest BCUT2D eigenvalue weighted by Gasteiger charge is -2.33. The van der Waals surface area contributed by atoms with Crippen LogP contribution in [0, 0.1) is 0 Å². The van der Waals surface area contributed by atoms with E-state index in [2.05, 4.69) is 21.0 Å². The molecule has 3 amide bonds. The van der Waals surface area contributed by atoms with Crippen molar-refractivity contribution in [3.05, 3.63) is 60.3 Å². The molecule has 3 N–H and O–H groups in total. The van der Waals surface area contributed by atoms with E-state index in [-0.39, 0.29) is 24.2 Å². The van der Waals surface area contributed by atoms with Gasteiger partial charge >= 0.3 is 6.03 Å². The number of fused-ring (bicyclic) bond motifs is 3. The molecule has 46 heavy (non-hydrogen) atoms. The fraction of sp³-hybridized carbons (Fsp3) is 0.406. The van der Waals surface area contributed by atoms with Crippen molar-refractivity contribution in [3.63, 3.8) is 0 Å². The standard InChI is InChI=1S/C32H39N9O5/c1-39(2)38-31(42)21-7-11-23(12-8-21)35-32(43)34-22-9-5-20(6-10-22)28-36-29(40-16-25-13-14-26(17-40)46-25)27-15-33-41(30(27)37-28)24(18-44-3)19-45-4/h5-12,15,24-26H,13-14,16-19H2,1-4H3,(H,38,42)(H2,34,35,43). The predicted octanol–water partition coefficient (Wildman–Crippen LogP) is 3.55. The summed E-state index contributed by atoms with van der Waals surface area (Å²) in [5.41, 5.74) is 5.81. The first-order chi connectivity index (χ1) is 22.3. The molecular weight excluding hydrogens is 590 g/mol. The lowest BCUT2D eigenvalue weighted by Crippen LogP contribution is -2.43. The molecule has 6 rings (SSSR count). The topological polar surface area (TPSA) is 148 Å². The maximum absolute atomic E-state index is 12.7. The number of nitrogens with zero attached hydrogens (tertiary/aromatic N) is 6. The van der Waals surface area contributed by atoms with Gasteiger partial charge in [0, 0.05) is 63.9 Å². The Morgan fingerprint density at radius 3 is 2.13 bits per heavy atom. The molecule has 4 aromatic rings. The summed E-state index contributed by atoms with van der Waals surface area (Å²) in [6.07, 6.45) is 4.30. The molecule has 14 heteroatoms. The number of aromatic nitrogens is 4. The molecular formula is C32H39N9O5. The van der Waals surface area contributed by atoms with Gasteiger partial charge in [0.15, 0.2) is 11.5 Å². The monoisotopic (exact) mass is 629 g/mol. The van der Waals surface area contributed by atoms with Gasteiger partial charge in [-0.15, -0.1) is 0 Å². The van der Waals surface area contributed by atoms with Gasteiger partial charge in [-0.3, -0.25) is 10.2 Å². The molecule has 2 saturated heterocycles. The minimum absolute atomic E-state index is 0.166. The van der Waals surface area contributed by atoms with Crippen molar-refractivity contribution >= 4 is 40.2 Å². The number of benzene rings is 2. The summed E-state index contributed by atoms with van der Waals surface area (Å²) >= 11 is 0. The van der Waals surface area contributed by atoms with E-state index in [1.54, 1.807) is 57.6 Å².